The van der Waals surface area contributed by atoms with E-state index in [0.717, 1.165) is 5.56 Å². The third kappa shape index (κ3) is 2.84. The standard InChI is InChI=1S/C13H18N2O2/c14-7-8-15-12(10-17-9-6-13(15)16)11-4-2-1-3-5-11/h1-5,12H,6-10,14H2. The number of hydrogen-bond acceptors (Lipinski definition) is 3. The van der Waals surface area contributed by atoms with Crippen LogP contribution in [0.4, 0.5) is 0 Å². The molecule has 1 aliphatic heterocycles. The summed E-state index contributed by atoms with van der Waals surface area (Å²) in [6.45, 7) is 2.12. The molecule has 17 heavy (non-hydrogen) atoms. The second kappa shape index (κ2) is 5.80. The molecule has 1 unspecified atom stereocenters. The Morgan fingerprint density at radius 2 is 2.12 bits per heavy atom. The summed E-state index contributed by atoms with van der Waals surface area (Å²) < 4.78 is 5.51. The van der Waals surface area contributed by atoms with E-state index in [1.807, 2.05) is 35.2 Å². The van der Waals surface area contributed by atoms with Gasteiger partial charge in [-0.3, -0.25) is 4.79 Å². The van der Waals surface area contributed by atoms with Gasteiger partial charge in [0, 0.05) is 13.1 Å². The highest BCUT2D eigenvalue weighted by molar-refractivity contribution is 5.77. The van der Waals surface area contributed by atoms with Crippen LogP contribution in [0.5, 0.6) is 0 Å². The first-order valence-corrected chi connectivity index (χ1v) is 5.95. The number of carbonyl (C=O) groups is 1. The van der Waals surface area contributed by atoms with Crippen molar-refractivity contribution in [1.82, 2.24) is 4.90 Å². The first kappa shape index (κ1) is 12.1. The van der Waals surface area contributed by atoms with Gasteiger partial charge in [0.1, 0.15) is 0 Å². The van der Waals surface area contributed by atoms with E-state index >= 15 is 0 Å². The average molecular weight is 234 g/mol. The van der Waals surface area contributed by atoms with Gasteiger partial charge < -0.3 is 15.4 Å². The molecule has 1 heterocycles. The van der Waals surface area contributed by atoms with Crippen LogP contribution in [0.2, 0.25) is 0 Å². The minimum atomic E-state index is -0.00486. The largest absolute Gasteiger partial charge is 0.378 e. The lowest BCUT2D eigenvalue weighted by molar-refractivity contribution is -0.132. The molecule has 0 spiro atoms. The molecule has 4 nitrogen and oxygen atoms in total. The molecular weight excluding hydrogens is 216 g/mol. The molecule has 2 rings (SSSR count). The summed E-state index contributed by atoms with van der Waals surface area (Å²) in [6, 6.07) is 9.97. The van der Waals surface area contributed by atoms with Crippen LogP contribution in [-0.2, 0) is 9.53 Å². The molecule has 1 amide bonds. The highest BCUT2D eigenvalue weighted by Crippen LogP contribution is 2.23. The quantitative estimate of drug-likeness (QED) is 0.846. The first-order valence-electron chi connectivity index (χ1n) is 5.95. The Kier molecular flexibility index (Phi) is 4.12. The van der Waals surface area contributed by atoms with Crippen molar-refractivity contribution >= 4 is 5.91 Å². The Morgan fingerprint density at radius 1 is 1.35 bits per heavy atom. The molecule has 0 aromatic heterocycles. The molecule has 1 aliphatic rings. The topological polar surface area (TPSA) is 55.6 Å². The fourth-order valence-corrected chi connectivity index (χ4v) is 2.13. The summed E-state index contributed by atoms with van der Waals surface area (Å²) in [5, 5.41) is 0. The van der Waals surface area contributed by atoms with Gasteiger partial charge in [-0.15, -0.1) is 0 Å². The van der Waals surface area contributed by atoms with Crippen molar-refractivity contribution in [2.45, 2.75) is 12.5 Å². The molecule has 0 aliphatic carbocycles. The SMILES string of the molecule is NCCN1C(=O)CCOCC1c1ccccc1. The minimum absolute atomic E-state index is 0.00486. The second-order valence-electron chi connectivity index (χ2n) is 4.13. The summed E-state index contributed by atoms with van der Waals surface area (Å²) in [6.07, 6.45) is 0.448. The number of amides is 1. The zero-order valence-electron chi connectivity index (χ0n) is 9.84. The Labute approximate surface area is 101 Å². The molecule has 0 saturated carbocycles. The molecule has 4 heteroatoms. The van der Waals surface area contributed by atoms with E-state index in [1.165, 1.54) is 0 Å². The van der Waals surface area contributed by atoms with Crippen LogP contribution in [0.15, 0.2) is 30.3 Å². The van der Waals surface area contributed by atoms with Gasteiger partial charge in [0.15, 0.2) is 0 Å². The number of nitrogens with two attached hydrogens (primary N) is 1. The molecule has 1 aromatic rings. The summed E-state index contributed by atoms with van der Waals surface area (Å²) in [4.78, 5) is 13.8. The van der Waals surface area contributed by atoms with Crippen LogP contribution in [-0.4, -0.2) is 37.1 Å². The monoisotopic (exact) mass is 234 g/mol. The maximum atomic E-state index is 12.0. The van der Waals surface area contributed by atoms with Crippen LogP contribution in [0.1, 0.15) is 18.0 Å². The van der Waals surface area contributed by atoms with Crippen molar-refractivity contribution in [3.63, 3.8) is 0 Å². The highest BCUT2D eigenvalue weighted by Gasteiger charge is 2.27. The maximum Gasteiger partial charge on any atom is 0.225 e. The van der Waals surface area contributed by atoms with Gasteiger partial charge in [0.25, 0.3) is 0 Å². The number of rotatable bonds is 3. The fraction of sp³-hybridized carbons (Fsp3) is 0.462. The van der Waals surface area contributed by atoms with Gasteiger partial charge in [-0.2, -0.15) is 0 Å². The molecular formula is C13H18N2O2. The van der Waals surface area contributed by atoms with Crippen LogP contribution in [0.3, 0.4) is 0 Å². The van der Waals surface area contributed by atoms with Crippen molar-refractivity contribution in [2.75, 3.05) is 26.3 Å². The van der Waals surface area contributed by atoms with Gasteiger partial charge in [0.2, 0.25) is 5.91 Å². The first-order chi connectivity index (χ1) is 8.33. The minimum Gasteiger partial charge on any atom is -0.378 e. The van der Waals surface area contributed by atoms with Crippen molar-refractivity contribution in [3.8, 4) is 0 Å². The summed E-state index contributed by atoms with van der Waals surface area (Å²) in [7, 11) is 0. The lowest BCUT2D eigenvalue weighted by Gasteiger charge is -2.29. The van der Waals surface area contributed by atoms with Crippen LogP contribution >= 0.6 is 0 Å². The van der Waals surface area contributed by atoms with Gasteiger partial charge in [-0.25, -0.2) is 0 Å². The molecule has 1 fully saturated rings. The van der Waals surface area contributed by atoms with E-state index in [0.29, 0.717) is 32.7 Å². The van der Waals surface area contributed by atoms with Gasteiger partial charge in [0.05, 0.1) is 25.7 Å². The van der Waals surface area contributed by atoms with E-state index in [-0.39, 0.29) is 11.9 Å². The number of nitrogens with zero attached hydrogens (tertiary/aromatic N) is 1. The maximum absolute atomic E-state index is 12.0. The Hall–Kier alpha value is -1.39. The molecule has 1 saturated heterocycles. The predicted molar refractivity (Wildman–Crippen MR) is 65.4 cm³/mol. The number of hydrogen-bond donors (Lipinski definition) is 1. The fourth-order valence-electron chi connectivity index (χ4n) is 2.13. The van der Waals surface area contributed by atoms with E-state index in [9.17, 15) is 4.79 Å². The van der Waals surface area contributed by atoms with Gasteiger partial charge in [-0.1, -0.05) is 30.3 Å². The van der Waals surface area contributed by atoms with Crippen molar-refractivity contribution in [3.05, 3.63) is 35.9 Å². The summed E-state index contributed by atoms with van der Waals surface area (Å²) >= 11 is 0. The Bertz CT molecular complexity index is 367. The lowest BCUT2D eigenvalue weighted by atomic mass is 10.1. The van der Waals surface area contributed by atoms with E-state index in [4.69, 9.17) is 10.5 Å². The molecule has 1 aromatic carbocycles. The number of benzene rings is 1. The third-order valence-corrected chi connectivity index (χ3v) is 2.99. The van der Waals surface area contributed by atoms with E-state index in [1.54, 1.807) is 0 Å². The number of ether oxygens (including phenoxy) is 1. The van der Waals surface area contributed by atoms with Gasteiger partial charge in [-0.05, 0) is 5.56 Å². The molecule has 92 valence electrons. The number of carbonyl (C=O) groups excluding carboxylic acids is 1. The molecule has 0 radical (unpaired) electrons. The Morgan fingerprint density at radius 3 is 2.82 bits per heavy atom. The van der Waals surface area contributed by atoms with Crippen LogP contribution in [0.25, 0.3) is 0 Å². The third-order valence-electron chi connectivity index (χ3n) is 2.99. The van der Waals surface area contributed by atoms with Crippen molar-refractivity contribution < 1.29 is 9.53 Å². The van der Waals surface area contributed by atoms with Crippen molar-refractivity contribution in [2.24, 2.45) is 5.73 Å². The molecule has 1 atom stereocenters. The van der Waals surface area contributed by atoms with Crippen LogP contribution in [0, 0.1) is 0 Å². The zero-order valence-corrected chi connectivity index (χ0v) is 9.84. The highest BCUT2D eigenvalue weighted by atomic mass is 16.5. The van der Waals surface area contributed by atoms with E-state index in [2.05, 4.69) is 0 Å². The van der Waals surface area contributed by atoms with Crippen LogP contribution < -0.4 is 5.73 Å². The lowest BCUT2D eigenvalue weighted by Crippen LogP contribution is -2.38. The summed E-state index contributed by atoms with van der Waals surface area (Å²) in [5.41, 5.74) is 6.69. The van der Waals surface area contributed by atoms with Gasteiger partial charge >= 0.3 is 0 Å². The second-order valence-corrected chi connectivity index (χ2v) is 4.13. The average Bonchev–Trinajstić information content (AvgIpc) is 2.54. The molecule has 0 bridgehead atoms. The molecule has 2 N–H and O–H groups in total. The van der Waals surface area contributed by atoms with Crippen molar-refractivity contribution in [1.29, 1.82) is 0 Å². The van der Waals surface area contributed by atoms with E-state index < -0.39 is 0 Å². The Balaban J connectivity index is 2.24. The zero-order chi connectivity index (χ0) is 12.1. The smallest absolute Gasteiger partial charge is 0.225 e. The summed E-state index contributed by atoms with van der Waals surface area (Å²) in [5.74, 6) is 0.127. The normalized spacial score (nSPS) is 21.4. The predicted octanol–water partition coefficient (Wildman–Crippen LogP) is 0.935.